The fourth-order valence-electron chi connectivity index (χ4n) is 10.0. The van der Waals surface area contributed by atoms with Gasteiger partial charge in [-0.15, -0.1) is 11.3 Å². The van der Waals surface area contributed by atoms with Crippen LogP contribution < -0.4 is 4.90 Å². The van der Waals surface area contributed by atoms with E-state index in [4.69, 9.17) is 9.40 Å². The molecule has 4 nitrogen and oxygen atoms in total. The summed E-state index contributed by atoms with van der Waals surface area (Å²) in [6.45, 7) is 4.71. The lowest BCUT2D eigenvalue weighted by molar-refractivity contribution is 0.660. The van der Waals surface area contributed by atoms with Gasteiger partial charge in [0, 0.05) is 60.4 Å². The van der Waals surface area contributed by atoms with Gasteiger partial charge in [-0.2, -0.15) is 0 Å². The lowest BCUT2D eigenvalue weighted by Gasteiger charge is -2.28. The summed E-state index contributed by atoms with van der Waals surface area (Å²) in [4.78, 5) is 7.26. The van der Waals surface area contributed by atoms with E-state index < -0.39 is 0 Å². The molecule has 0 unspecified atom stereocenters. The molecule has 1 aliphatic carbocycles. The first kappa shape index (κ1) is 31.3. The predicted octanol–water partition coefficient (Wildman–Crippen LogP) is 14.8. The van der Waals surface area contributed by atoms with E-state index >= 15 is 0 Å². The molecule has 0 radical (unpaired) electrons. The predicted molar refractivity (Wildman–Crippen MR) is 239 cm³/mol. The molecule has 12 aromatic rings. The van der Waals surface area contributed by atoms with Gasteiger partial charge in [0.25, 0.3) is 0 Å². The minimum absolute atomic E-state index is 0.125. The number of benzene rings is 8. The van der Waals surface area contributed by atoms with E-state index in [1.807, 2.05) is 17.6 Å². The average molecular weight is 748 g/mol. The van der Waals surface area contributed by atoms with Gasteiger partial charge in [0.05, 0.1) is 32.3 Å². The molecule has 8 aromatic carbocycles. The largest absolute Gasteiger partial charge is 0.455 e. The summed E-state index contributed by atoms with van der Waals surface area (Å²) in [6.07, 6.45) is 0. The average Bonchev–Trinajstić information content (AvgIpc) is 4.06. The number of anilines is 3. The van der Waals surface area contributed by atoms with Crippen molar-refractivity contribution in [3.63, 3.8) is 0 Å². The van der Waals surface area contributed by atoms with Crippen molar-refractivity contribution in [2.75, 3.05) is 4.90 Å². The zero-order chi connectivity index (χ0) is 37.6. The Balaban J connectivity index is 1.03. The maximum absolute atomic E-state index is 6.46. The van der Waals surface area contributed by atoms with Crippen LogP contribution in [0.25, 0.3) is 92.5 Å². The van der Waals surface area contributed by atoms with Crippen LogP contribution in [0.2, 0.25) is 0 Å². The Morgan fingerprint density at radius 1 is 0.561 bits per heavy atom. The number of aromatic nitrogens is 2. The summed E-state index contributed by atoms with van der Waals surface area (Å²) in [5, 5.41) is 7.31. The molecule has 1 aliphatic rings. The van der Waals surface area contributed by atoms with Gasteiger partial charge in [-0.3, -0.25) is 0 Å². The molecule has 5 heteroatoms. The molecule has 0 spiro atoms. The topological polar surface area (TPSA) is 33.7 Å². The van der Waals surface area contributed by atoms with E-state index in [0.717, 1.165) is 55.6 Å². The van der Waals surface area contributed by atoms with Gasteiger partial charge < -0.3 is 13.7 Å². The smallest absolute Gasteiger partial charge is 0.143 e. The van der Waals surface area contributed by atoms with E-state index in [1.165, 1.54) is 65.0 Å². The van der Waals surface area contributed by atoms with Gasteiger partial charge in [-0.05, 0) is 88.5 Å². The lowest BCUT2D eigenvalue weighted by Crippen LogP contribution is -2.16. The van der Waals surface area contributed by atoms with E-state index in [-0.39, 0.29) is 5.41 Å². The van der Waals surface area contributed by atoms with Crippen LogP contribution in [0.1, 0.15) is 25.0 Å². The number of nitrogens with zero attached hydrogens (tertiary/aromatic N) is 3. The van der Waals surface area contributed by atoms with Crippen LogP contribution in [0.5, 0.6) is 0 Å². The van der Waals surface area contributed by atoms with Gasteiger partial charge >= 0.3 is 0 Å². The van der Waals surface area contributed by atoms with E-state index in [0.29, 0.717) is 0 Å². The highest BCUT2D eigenvalue weighted by Crippen LogP contribution is 2.51. The Hall–Kier alpha value is -6.95. The molecule has 0 amide bonds. The highest BCUT2D eigenvalue weighted by molar-refractivity contribution is 7.18. The minimum Gasteiger partial charge on any atom is -0.455 e. The van der Waals surface area contributed by atoms with Crippen molar-refractivity contribution >= 4 is 98.6 Å². The summed E-state index contributed by atoms with van der Waals surface area (Å²) in [7, 11) is 0. The van der Waals surface area contributed by atoms with Gasteiger partial charge in [0.1, 0.15) is 11.2 Å². The third kappa shape index (κ3) is 4.13. The Morgan fingerprint density at radius 3 is 2.18 bits per heavy atom. The number of hydrogen-bond acceptors (Lipinski definition) is 4. The van der Waals surface area contributed by atoms with Crippen LogP contribution in [0.3, 0.4) is 0 Å². The molecule has 0 N–H and O–H groups in total. The normalized spacial score (nSPS) is 13.6. The molecule has 4 aromatic heterocycles. The fourth-order valence-corrected chi connectivity index (χ4v) is 10.9. The Bertz CT molecular complexity index is 3620. The first-order valence-electron chi connectivity index (χ1n) is 19.5. The number of rotatable bonds is 4. The molecule has 0 saturated heterocycles. The van der Waals surface area contributed by atoms with Crippen molar-refractivity contribution in [2.45, 2.75) is 19.3 Å². The molecule has 13 rings (SSSR count). The highest BCUT2D eigenvalue weighted by atomic mass is 32.1. The van der Waals surface area contributed by atoms with Crippen molar-refractivity contribution in [2.24, 2.45) is 0 Å². The van der Waals surface area contributed by atoms with Crippen LogP contribution in [0.4, 0.5) is 17.1 Å². The summed E-state index contributed by atoms with van der Waals surface area (Å²) < 4.78 is 10.2. The molecule has 268 valence electrons. The number of para-hydroxylation sites is 3. The molecule has 0 bridgehead atoms. The monoisotopic (exact) mass is 747 g/mol. The number of furan rings is 1. The third-order valence-electron chi connectivity index (χ3n) is 12.7. The van der Waals surface area contributed by atoms with Gasteiger partial charge in [0.15, 0.2) is 0 Å². The van der Waals surface area contributed by atoms with Crippen LogP contribution in [-0.2, 0) is 5.41 Å². The van der Waals surface area contributed by atoms with Crippen molar-refractivity contribution in [1.82, 2.24) is 9.38 Å². The quantitative estimate of drug-likeness (QED) is 0.180. The first-order chi connectivity index (χ1) is 28.0. The maximum atomic E-state index is 6.46. The zero-order valence-electron chi connectivity index (χ0n) is 31.2. The molecular weight excluding hydrogens is 715 g/mol. The van der Waals surface area contributed by atoms with E-state index in [9.17, 15) is 0 Å². The lowest BCUT2D eigenvalue weighted by atomic mass is 9.82. The summed E-state index contributed by atoms with van der Waals surface area (Å²) in [5.74, 6) is 0. The Morgan fingerprint density at radius 2 is 1.26 bits per heavy atom. The second-order valence-electron chi connectivity index (χ2n) is 16.0. The van der Waals surface area contributed by atoms with Crippen LogP contribution >= 0.6 is 11.3 Å². The van der Waals surface area contributed by atoms with E-state index in [1.54, 1.807) is 11.3 Å². The number of fused-ring (bicyclic) bond motifs is 14. The summed E-state index contributed by atoms with van der Waals surface area (Å²) >= 11 is 1.73. The third-order valence-corrected chi connectivity index (χ3v) is 13.5. The fraction of sp³-hybridized carbons (Fsp3) is 0.0577. The molecule has 0 atom stereocenters. The van der Waals surface area contributed by atoms with Crippen molar-refractivity contribution < 1.29 is 4.42 Å². The minimum atomic E-state index is -0.125. The maximum Gasteiger partial charge on any atom is 0.143 e. The van der Waals surface area contributed by atoms with Crippen LogP contribution in [-0.4, -0.2) is 9.38 Å². The highest BCUT2D eigenvalue weighted by Gasteiger charge is 2.36. The Labute approximate surface area is 331 Å². The zero-order valence-corrected chi connectivity index (χ0v) is 32.1. The SMILES string of the molecule is CC1(C)c2ccccc2-c2ccc(N(c3ccc(-c4cccc5c4oc4ccccc45)cc3)c3ccc4c(c3)c3cc5ncsc5c5c6ccccc6n4c35)cc21. The van der Waals surface area contributed by atoms with Crippen LogP contribution in [0.15, 0.2) is 168 Å². The molecule has 57 heavy (non-hydrogen) atoms. The van der Waals surface area contributed by atoms with Crippen LogP contribution in [0, 0.1) is 0 Å². The molecule has 0 fully saturated rings. The van der Waals surface area contributed by atoms with E-state index in [2.05, 4.69) is 169 Å². The van der Waals surface area contributed by atoms with Crippen molar-refractivity contribution in [1.29, 1.82) is 0 Å². The second kappa shape index (κ2) is 11.1. The summed E-state index contributed by atoms with van der Waals surface area (Å²) in [6, 6.07) is 57.7. The molecule has 0 aliphatic heterocycles. The molecular formula is C52H33N3OS. The standard InChI is InChI=1S/C52H33N3OS/c1-52(2)42-15-6-3-10-35(42)36-24-22-33(27-43(36)52)54(31-20-18-30(19-21-31)34-13-9-14-38-37-11-5-8-17-47(37)56-50(34)38)32-23-25-46-40(26-32)41-28-44-51(57-29-53-44)48-39-12-4-7-16-45(39)55(46)49(41)48/h3-29H,1-2H3. The summed E-state index contributed by atoms with van der Waals surface area (Å²) in [5.41, 5.74) is 19.3. The molecule has 4 heterocycles. The first-order valence-corrected chi connectivity index (χ1v) is 20.4. The van der Waals surface area contributed by atoms with Crippen molar-refractivity contribution in [3.8, 4) is 22.3 Å². The number of hydrogen-bond donors (Lipinski definition) is 0. The number of thiazole rings is 1. The second-order valence-corrected chi connectivity index (χ2v) is 16.8. The van der Waals surface area contributed by atoms with Crippen molar-refractivity contribution in [3.05, 3.63) is 174 Å². The van der Waals surface area contributed by atoms with Gasteiger partial charge in [0.2, 0.25) is 0 Å². The Kier molecular flexibility index (Phi) is 6.09. The van der Waals surface area contributed by atoms with Gasteiger partial charge in [-0.1, -0.05) is 111 Å². The molecule has 0 saturated carbocycles. The van der Waals surface area contributed by atoms with Gasteiger partial charge in [-0.25, -0.2) is 4.98 Å².